The van der Waals surface area contributed by atoms with Crippen LogP contribution in [0, 0.1) is 0 Å². The first-order valence-corrected chi connectivity index (χ1v) is 6.04. The monoisotopic (exact) mass is 215 g/mol. The summed E-state index contributed by atoms with van der Waals surface area (Å²) in [5.74, 6) is 0. The Labute approximate surface area is 96.1 Å². The number of fused-ring (bicyclic) bond motifs is 1. The molecule has 2 N–H and O–H groups in total. The van der Waals surface area contributed by atoms with Gasteiger partial charge in [-0.1, -0.05) is 12.1 Å². The Hall–Kier alpha value is -1.28. The molecule has 0 amide bonds. The van der Waals surface area contributed by atoms with Crippen molar-refractivity contribution < 1.29 is 4.74 Å². The standard InChI is InChI=1S/C14H17NO/c15-12-5-6-14-10(8-12)3-4-11(14)9-13-2-1-7-16-13/h5-6,8-9,13H,1-4,7,15H2. The van der Waals surface area contributed by atoms with Crippen molar-refractivity contribution in [1.29, 1.82) is 0 Å². The molecule has 0 bridgehead atoms. The first-order valence-electron chi connectivity index (χ1n) is 6.04. The number of nitrogens with two attached hydrogens (primary N) is 1. The Morgan fingerprint density at radius 2 is 2.25 bits per heavy atom. The van der Waals surface area contributed by atoms with Crippen molar-refractivity contribution in [2.75, 3.05) is 12.3 Å². The molecule has 1 fully saturated rings. The van der Waals surface area contributed by atoms with Crippen molar-refractivity contribution in [2.24, 2.45) is 0 Å². The normalized spacial score (nSPS) is 26.2. The van der Waals surface area contributed by atoms with Crippen LogP contribution in [0.1, 0.15) is 30.4 Å². The lowest BCUT2D eigenvalue weighted by Gasteiger charge is -2.06. The van der Waals surface area contributed by atoms with Crippen molar-refractivity contribution in [3.05, 3.63) is 35.4 Å². The summed E-state index contributed by atoms with van der Waals surface area (Å²) in [5.41, 5.74) is 10.9. The number of benzene rings is 1. The van der Waals surface area contributed by atoms with Crippen LogP contribution in [-0.2, 0) is 11.2 Å². The highest BCUT2D eigenvalue weighted by Gasteiger charge is 2.19. The van der Waals surface area contributed by atoms with Crippen molar-refractivity contribution in [1.82, 2.24) is 0 Å². The summed E-state index contributed by atoms with van der Waals surface area (Å²) in [4.78, 5) is 0. The molecule has 1 saturated heterocycles. The maximum Gasteiger partial charge on any atom is 0.0762 e. The Kier molecular flexibility index (Phi) is 2.44. The quantitative estimate of drug-likeness (QED) is 0.731. The highest BCUT2D eigenvalue weighted by Crippen LogP contribution is 2.34. The molecule has 1 atom stereocenters. The van der Waals surface area contributed by atoms with Gasteiger partial charge in [0.2, 0.25) is 0 Å². The fraction of sp³-hybridized carbons (Fsp3) is 0.429. The van der Waals surface area contributed by atoms with Crippen LogP contribution in [0.3, 0.4) is 0 Å². The van der Waals surface area contributed by atoms with Gasteiger partial charge in [0.15, 0.2) is 0 Å². The van der Waals surface area contributed by atoms with Crippen LogP contribution in [0.15, 0.2) is 24.3 Å². The van der Waals surface area contributed by atoms with Crippen LogP contribution >= 0.6 is 0 Å². The van der Waals surface area contributed by atoms with E-state index >= 15 is 0 Å². The zero-order valence-corrected chi connectivity index (χ0v) is 9.41. The van der Waals surface area contributed by atoms with Crippen molar-refractivity contribution in [3.63, 3.8) is 0 Å². The van der Waals surface area contributed by atoms with Crippen LogP contribution in [0.2, 0.25) is 0 Å². The van der Waals surface area contributed by atoms with Gasteiger partial charge in [-0.15, -0.1) is 0 Å². The van der Waals surface area contributed by atoms with Gasteiger partial charge in [-0.05, 0) is 54.5 Å². The van der Waals surface area contributed by atoms with Crippen molar-refractivity contribution >= 4 is 11.3 Å². The molecule has 2 aliphatic rings. The first-order chi connectivity index (χ1) is 7.83. The number of hydrogen-bond donors (Lipinski definition) is 1. The second-order valence-corrected chi connectivity index (χ2v) is 4.66. The molecule has 1 unspecified atom stereocenters. The largest absolute Gasteiger partial charge is 0.399 e. The van der Waals surface area contributed by atoms with E-state index in [4.69, 9.17) is 10.5 Å². The molecule has 3 rings (SSSR count). The number of rotatable bonds is 1. The number of allylic oxidation sites excluding steroid dienone is 1. The van der Waals surface area contributed by atoms with E-state index in [2.05, 4.69) is 18.2 Å². The van der Waals surface area contributed by atoms with Gasteiger partial charge in [-0.3, -0.25) is 0 Å². The van der Waals surface area contributed by atoms with E-state index in [1.165, 1.54) is 29.5 Å². The van der Waals surface area contributed by atoms with Gasteiger partial charge >= 0.3 is 0 Å². The lowest BCUT2D eigenvalue weighted by Crippen LogP contribution is -2.00. The third-order valence-corrected chi connectivity index (χ3v) is 3.49. The molecular weight excluding hydrogens is 198 g/mol. The highest BCUT2D eigenvalue weighted by molar-refractivity contribution is 5.74. The molecular formula is C14H17NO. The molecule has 2 heteroatoms. The summed E-state index contributed by atoms with van der Waals surface area (Å²) in [6.07, 6.45) is 7.29. The van der Waals surface area contributed by atoms with Gasteiger partial charge < -0.3 is 10.5 Å². The van der Waals surface area contributed by atoms with E-state index in [1.807, 2.05) is 6.07 Å². The van der Waals surface area contributed by atoms with E-state index < -0.39 is 0 Å². The average molecular weight is 215 g/mol. The van der Waals surface area contributed by atoms with Crippen molar-refractivity contribution in [3.8, 4) is 0 Å². The Bertz CT molecular complexity index is 430. The molecule has 0 spiro atoms. The molecule has 0 saturated carbocycles. The summed E-state index contributed by atoms with van der Waals surface area (Å²) < 4.78 is 5.65. The van der Waals surface area contributed by atoms with Crippen molar-refractivity contribution in [2.45, 2.75) is 31.8 Å². The van der Waals surface area contributed by atoms with Gasteiger partial charge in [0.05, 0.1) is 6.10 Å². The lowest BCUT2D eigenvalue weighted by molar-refractivity contribution is 0.146. The topological polar surface area (TPSA) is 35.2 Å². The summed E-state index contributed by atoms with van der Waals surface area (Å²) in [6, 6.07) is 6.25. The van der Waals surface area contributed by atoms with E-state index in [1.54, 1.807) is 0 Å². The molecule has 1 aliphatic carbocycles. The summed E-state index contributed by atoms with van der Waals surface area (Å²) in [6.45, 7) is 0.920. The molecule has 1 heterocycles. The fourth-order valence-electron chi connectivity index (χ4n) is 2.67. The van der Waals surface area contributed by atoms with Crippen LogP contribution in [0.25, 0.3) is 5.57 Å². The van der Waals surface area contributed by atoms with E-state index in [0.29, 0.717) is 6.10 Å². The number of aryl methyl sites for hydroxylation is 1. The van der Waals surface area contributed by atoms with E-state index in [0.717, 1.165) is 25.1 Å². The first kappa shape index (κ1) is 9.91. The van der Waals surface area contributed by atoms with E-state index in [-0.39, 0.29) is 0 Å². The zero-order valence-electron chi connectivity index (χ0n) is 9.41. The maximum atomic E-state index is 5.80. The van der Waals surface area contributed by atoms with Crippen LogP contribution in [0.4, 0.5) is 5.69 Å². The van der Waals surface area contributed by atoms with Gasteiger partial charge in [0.25, 0.3) is 0 Å². The summed E-state index contributed by atoms with van der Waals surface area (Å²) in [7, 11) is 0. The number of anilines is 1. The molecule has 1 aromatic carbocycles. The van der Waals surface area contributed by atoms with Gasteiger partial charge in [-0.2, -0.15) is 0 Å². The van der Waals surface area contributed by atoms with Crippen LogP contribution in [-0.4, -0.2) is 12.7 Å². The minimum atomic E-state index is 0.346. The molecule has 1 aliphatic heterocycles. The third kappa shape index (κ3) is 1.74. The van der Waals surface area contributed by atoms with Gasteiger partial charge in [0, 0.05) is 12.3 Å². The second kappa shape index (κ2) is 3.95. The number of ether oxygens (including phenoxy) is 1. The lowest BCUT2D eigenvalue weighted by atomic mass is 10.0. The van der Waals surface area contributed by atoms with Crippen LogP contribution < -0.4 is 5.73 Å². The summed E-state index contributed by atoms with van der Waals surface area (Å²) >= 11 is 0. The molecule has 1 aromatic rings. The average Bonchev–Trinajstić information content (AvgIpc) is 2.89. The summed E-state index contributed by atoms with van der Waals surface area (Å²) in [5, 5.41) is 0. The highest BCUT2D eigenvalue weighted by atomic mass is 16.5. The Balaban J connectivity index is 1.90. The SMILES string of the molecule is Nc1ccc2c(c1)CCC2=CC1CCCO1. The molecule has 0 radical (unpaired) electrons. The van der Waals surface area contributed by atoms with Crippen LogP contribution in [0.5, 0.6) is 0 Å². The predicted molar refractivity (Wildman–Crippen MR) is 66.1 cm³/mol. The number of hydrogen-bond acceptors (Lipinski definition) is 2. The Morgan fingerprint density at radius 3 is 3.06 bits per heavy atom. The molecule has 84 valence electrons. The van der Waals surface area contributed by atoms with Gasteiger partial charge in [-0.25, -0.2) is 0 Å². The Morgan fingerprint density at radius 1 is 1.31 bits per heavy atom. The number of nitrogen functional groups attached to an aromatic ring is 1. The zero-order chi connectivity index (χ0) is 11.0. The molecule has 0 aromatic heterocycles. The maximum absolute atomic E-state index is 5.80. The smallest absolute Gasteiger partial charge is 0.0762 e. The minimum absolute atomic E-state index is 0.346. The van der Waals surface area contributed by atoms with E-state index in [9.17, 15) is 0 Å². The third-order valence-electron chi connectivity index (χ3n) is 3.49. The predicted octanol–water partition coefficient (Wildman–Crippen LogP) is 2.78. The molecule has 16 heavy (non-hydrogen) atoms. The minimum Gasteiger partial charge on any atom is -0.399 e. The second-order valence-electron chi connectivity index (χ2n) is 4.66. The van der Waals surface area contributed by atoms with Gasteiger partial charge in [0.1, 0.15) is 0 Å². The fourth-order valence-corrected chi connectivity index (χ4v) is 2.67. The molecule has 2 nitrogen and oxygen atoms in total.